The molecule has 2 aromatic carbocycles. The number of anilines is 2. The minimum atomic E-state index is 0.401. The Morgan fingerprint density at radius 1 is 1.04 bits per heavy atom. The van der Waals surface area contributed by atoms with Crippen LogP contribution in [0.4, 0.5) is 11.4 Å². The van der Waals surface area contributed by atoms with Crippen molar-refractivity contribution in [1.29, 1.82) is 0 Å². The quantitative estimate of drug-likeness (QED) is 0.763. The first-order chi connectivity index (χ1) is 11.8. The minimum absolute atomic E-state index is 0.401. The van der Waals surface area contributed by atoms with E-state index in [-0.39, 0.29) is 0 Å². The van der Waals surface area contributed by atoms with Crippen molar-refractivity contribution >= 4 is 11.4 Å². The lowest BCUT2D eigenvalue weighted by Gasteiger charge is -2.38. The first-order valence-electron chi connectivity index (χ1n) is 9.18. The molecule has 0 amide bonds. The smallest absolute Gasteiger partial charge is 0.0553 e. The van der Waals surface area contributed by atoms with E-state index in [9.17, 15) is 0 Å². The molecule has 0 aromatic heterocycles. The Morgan fingerprint density at radius 2 is 1.83 bits per heavy atom. The van der Waals surface area contributed by atoms with Gasteiger partial charge in [0.05, 0.1) is 6.04 Å². The van der Waals surface area contributed by atoms with Crippen LogP contribution < -0.4 is 10.2 Å². The van der Waals surface area contributed by atoms with Crippen molar-refractivity contribution in [1.82, 2.24) is 0 Å². The molecule has 2 aliphatic rings. The van der Waals surface area contributed by atoms with Crippen LogP contribution in [0, 0.1) is 5.92 Å². The van der Waals surface area contributed by atoms with Gasteiger partial charge >= 0.3 is 0 Å². The lowest BCUT2D eigenvalue weighted by atomic mass is 9.77. The van der Waals surface area contributed by atoms with E-state index >= 15 is 0 Å². The SMILES string of the molecule is CCN(CC)c1ccc2c(c1)C1C=CCC1C(c1ccccc1)N2. The molecule has 1 aliphatic carbocycles. The monoisotopic (exact) mass is 318 g/mol. The predicted molar refractivity (Wildman–Crippen MR) is 103 cm³/mol. The molecule has 3 atom stereocenters. The molecular formula is C22H26N2. The van der Waals surface area contributed by atoms with Crippen molar-refractivity contribution in [2.75, 3.05) is 23.3 Å². The van der Waals surface area contributed by atoms with Crippen LogP contribution in [-0.2, 0) is 0 Å². The van der Waals surface area contributed by atoms with E-state index in [1.165, 1.54) is 22.5 Å². The molecule has 2 heteroatoms. The van der Waals surface area contributed by atoms with E-state index in [0.717, 1.165) is 19.5 Å². The van der Waals surface area contributed by atoms with Crippen molar-refractivity contribution in [3.8, 4) is 0 Å². The van der Waals surface area contributed by atoms with Crippen molar-refractivity contribution < 1.29 is 0 Å². The van der Waals surface area contributed by atoms with Crippen LogP contribution in [-0.4, -0.2) is 13.1 Å². The Balaban J connectivity index is 1.73. The van der Waals surface area contributed by atoms with Crippen molar-refractivity contribution in [2.24, 2.45) is 5.92 Å². The van der Waals surface area contributed by atoms with Crippen molar-refractivity contribution in [3.63, 3.8) is 0 Å². The van der Waals surface area contributed by atoms with Gasteiger partial charge in [-0.3, -0.25) is 0 Å². The lowest BCUT2D eigenvalue weighted by Crippen LogP contribution is -2.29. The van der Waals surface area contributed by atoms with E-state index in [2.05, 4.69) is 84.7 Å². The second-order valence-electron chi connectivity index (χ2n) is 6.83. The van der Waals surface area contributed by atoms with Crippen LogP contribution in [0.25, 0.3) is 0 Å². The van der Waals surface area contributed by atoms with Gasteiger partial charge in [0, 0.05) is 30.4 Å². The van der Waals surface area contributed by atoms with Gasteiger partial charge in [-0.15, -0.1) is 0 Å². The molecule has 2 aromatic rings. The fourth-order valence-electron chi connectivity index (χ4n) is 4.36. The van der Waals surface area contributed by atoms with Crippen LogP contribution in [0.15, 0.2) is 60.7 Å². The zero-order chi connectivity index (χ0) is 16.5. The maximum atomic E-state index is 3.83. The number of rotatable bonds is 4. The van der Waals surface area contributed by atoms with Gasteiger partial charge in [-0.05, 0) is 55.5 Å². The molecule has 0 spiro atoms. The maximum Gasteiger partial charge on any atom is 0.0553 e. The largest absolute Gasteiger partial charge is 0.378 e. The van der Waals surface area contributed by atoms with Crippen LogP contribution in [0.3, 0.4) is 0 Å². The maximum absolute atomic E-state index is 3.83. The molecule has 24 heavy (non-hydrogen) atoms. The average Bonchev–Trinajstić information content (AvgIpc) is 3.13. The van der Waals surface area contributed by atoms with Gasteiger partial charge in [0.2, 0.25) is 0 Å². The van der Waals surface area contributed by atoms with E-state index in [1.807, 2.05) is 0 Å². The zero-order valence-electron chi connectivity index (χ0n) is 14.6. The number of hydrogen-bond donors (Lipinski definition) is 1. The Kier molecular flexibility index (Phi) is 4.05. The van der Waals surface area contributed by atoms with Gasteiger partial charge in [0.1, 0.15) is 0 Å². The fraction of sp³-hybridized carbons (Fsp3) is 0.364. The number of benzene rings is 2. The van der Waals surface area contributed by atoms with Gasteiger partial charge in [-0.25, -0.2) is 0 Å². The molecule has 0 bridgehead atoms. The van der Waals surface area contributed by atoms with Crippen LogP contribution >= 0.6 is 0 Å². The second kappa shape index (κ2) is 6.35. The molecule has 0 saturated heterocycles. The molecule has 4 rings (SSSR count). The summed E-state index contributed by atoms with van der Waals surface area (Å²) in [6.45, 7) is 6.56. The Labute approximate surface area is 145 Å². The summed E-state index contributed by atoms with van der Waals surface area (Å²) in [5.74, 6) is 1.15. The number of allylic oxidation sites excluding steroid dienone is 2. The average molecular weight is 318 g/mol. The highest BCUT2D eigenvalue weighted by molar-refractivity contribution is 5.65. The summed E-state index contributed by atoms with van der Waals surface area (Å²) >= 11 is 0. The summed E-state index contributed by atoms with van der Waals surface area (Å²) in [7, 11) is 0. The molecule has 2 nitrogen and oxygen atoms in total. The Morgan fingerprint density at radius 3 is 2.58 bits per heavy atom. The number of nitrogens with one attached hydrogen (secondary N) is 1. The molecular weight excluding hydrogens is 292 g/mol. The number of fused-ring (bicyclic) bond motifs is 3. The van der Waals surface area contributed by atoms with Crippen LogP contribution in [0.5, 0.6) is 0 Å². The highest BCUT2D eigenvalue weighted by atomic mass is 15.1. The first kappa shape index (κ1) is 15.3. The molecule has 124 valence electrons. The summed E-state index contributed by atoms with van der Waals surface area (Å²) in [6.07, 6.45) is 5.95. The van der Waals surface area contributed by atoms with E-state index < -0.39 is 0 Å². The summed E-state index contributed by atoms with van der Waals surface area (Å²) in [4.78, 5) is 2.43. The standard InChI is InChI=1S/C22H26N2/c1-3-24(4-2)17-13-14-21-20(15-17)18-11-8-12-19(18)22(23-21)16-9-6-5-7-10-16/h5-11,13-15,18-19,22-23H,3-4,12H2,1-2H3. The summed E-state index contributed by atoms with van der Waals surface area (Å²) < 4.78 is 0. The number of hydrogen-bond acceptors (Lipinski definition) is 2. The third-order valence-corrected chi connectivity index (χ3v) is 5.63. The van der Waals surface area contributed by atoms with Crippen LogP contribution in [0.2, 0.25) is 0 Å². The second-order valence-corrected chi connectivity index (χ2v) is 6.83. The summed E-state index contributed by atoms with van der Waals surface area (Å²) in [5, 5.41) is 3.83. The van der Waals surface area contributed by atoms with E-state index in [4.69, 9.17) is 0 Å². The lowest BCUT2D eigenvalue weighted by molar-refractivity contribution is 0.425. The minimum Gasteiger partial charge on any atom is -0.378 e. The van der Waals surface area contributed by atoms with Crippen molar-refractivity contribution in [3.05, 3.63) is 71.8 Å². The number of nitrogens with zero attached hydrogens (tertiary/aromatic N) is 1. The third kappa shape index (κ3) is 2.50. The van der Waals surface area contributed by atoms with E-state index in [0.29, 0.717) is 17.9 Å². The predicted octanol–water partition coefficient (Wildman–Crippen LogP) is 5.36. The summed E-state index contributed by atoms with van der Waals surface area (Å²) in [6, 6.07) is 18.2. The van der Waals surface area contributed by atoms with Gasteiger partial charge in [0.15, 0.2) is 0 Å². The van der Waals surface area contributed by atoms with Crippen molar-refractivity contribution in [2.45, 2.75) is 32.2 Å². The summed E-state index contributed by atoms with van der Waals surface area (Å²) in [5.41, 5.74) is 5.50. The molecule has 1 N–H and O–H groups in total. The molecule has 0 fully saturated rings. The highest BCUT2D eigenvalue weighted by Crippen LogP contribution is 2.50. The molecule has 1 aliphatic heterocycles. The Hall–Kier alpha value is -2.22. The van der Waals surface area contributed by atoms with Gasteiger partial charge < -0.3 is 10.2 Å². The van der Waals surface area contributed by atoms with Gasteiger partial charge in [0.25, 0.3) is 0 Å². The molecule has 1 heterocycles. The Bertz CT molecular complexity index is 731. The topological polar surface area (TPSA) is 15.3 Å². The molecule has 0 saturated carbocycles. The first-order valence-corrected chi connectivity index (χ1v) is 9.18. The fourth-order valence-corrected chi connectivity index (χ4v) is 4.36. The third-order valence-electron chi connectivity index (χ3n) is 5.63. The van der Waals surface area contributed by atoms with Gasteiger partial charge in [-0.1, -0.05) is 42.5 Å². The molecule has 0 radical (unpaired) electrons. The highest BCUT2D eigenvalue weighted by Gasteiger charge is 2.37. The van der Waals surface area contributed by atoms with Gasteiger partial charge in [-0.2, -0.15) is 0 Å². The zero-order valence-corrected chi connectivity index (χ0v) is 14.6. The van der Waals surface area contributed by atoms with Crippen LogP contribution in [0.1, 0.15) is 43.4 Å². The normalized spacial score (nSPS) is 24.2. The van der Waals surface area contributed by atoms with E-state index in [1.54, 1.807) is 0 Å². The molecule has 3 unspecified atom stereocenters.